The number of hydrogen-bond acceptors (Lipinski definition) is 3. The fourth-order valence-corrected chi connectivity index (χ4v) is 1.88. The number of imide groups is 1. The largest absolute Gasteiger partial charge is 0.354 e. The van der Waals surface area contributed by atoms with Crippen LogP contribution in [0.1, 0.15) is 34.1 Å². The second-order valence-electron chi connectivity index (χ2n) is 5.75. The predicted octanol–water partition coefficient (Wildman–Crippen LogP) is 0.725. The molecule has 0 radical (unpaired) electrons. The highest BCUT2D eigenvalue weighted by Gasteiger charge is 2.38. The molecule has 108 valence electrons. The minimum atomic E-state index is -0.495. The van der Waals surface area contributed by atoms with Gasteiger partial charge in [0.1, 0.15) is 12.6 Å². The van der Waals surface area contributed by atoms with Crippen molar-refractivity contribution in [3.63, 3.8) is 0 Å². The van der Waals surface area contributed by atoms with Crippen LogP contribution in [-0.4, -0.2) is 41.9 Å². The van der Waals surface area contributed by atoms with Gasteiger partial charge >= 0.3 is 6.03 Å². The minimum Gasteiger partial charge on any atom is -0.354 e. The summed E-state index contributed by atoms with van der Waals surface area (Å²) in [7, 11) is 0. The van der Waals surface area contributed by atoms with E-state index in [0.717, 1.165) is 4.90 Å². The van der Waals surface area contributed by atoms with Crippen LogP contribution in [0, 0.1) is 11.8 Å². The number of carbonyl (C=O) groups excluding carboxylic acids is 3. The molecule has 1 saturated heterocycles. The van der Waals surface area contributed by atoms with Crippen molar-refractivity contribution in [2.75, 3.05) is 13.1 Å². The van der Waals surface area contributed by atoms with Gasteiger partial charge in [0.15, 0.2) is 0 Å². The van der Waals surface area contributed by atoms with Crippen molar-refractivity contribution in [1.82, 2.24) is 15.5 Å². The Kier molecular flexibility index (Phi) is 5.32. The Labute approximate surface area is 113 Å². The van der Waals surface area contributed by atoms with Crippen molar-refractivity contribution in [1.29, 1.82) is 0 Å². The summed E-state index contributed by atoms with van der Waals surface area (Å²) in [6.07, 6.45) is 0.592. The molecule has 0 aromatic carbocycles. The number of amides is 4. The normalized spacial score (nSPS) is 19.3. The zero-order valence-corrected chi connectivity index (χ0v) is 12.0. The van der Waals surface area contributed by atoms with E-state index < -0.39 is 12.1 Å². The van der Waals surface area contributed by atoms with Crippen LogP contribution in [0.15, 0.2) is 0 Å². The standard InChI is InChI=1S/C13H23N3O3/c1-8(2)5-10-12(18)16(13(19)15-10)7-11(17)14-6-9(3)4/h8-10H,5-7H2,1-4H3,(H,14,17)(H,15,19)/t10-/m1/s1. The third-order valence-electron chi connectivity index (χ3n) is 2.82. The SMILES string of the molecule is CC(C)CNC(=O)CN1C(=O)N[C@H](CC(C)C)C1=O. The maximum Gasteiger partial charge on any atom is 0.325 e. The van der Waals surface area contributed by atoms with Gasteiger partial charge in [-0.25, -0.2) is 4.79 Å². The maximum atomic E-state index is 12.0. The second-order valence-corrected chi connectivity index (χ2v) is 5.75. The summed E-state index contributed by atoms with van der Waals surface area (Å²) in [5.41, 5.74) is 0. The predicted molar refractivity (Wildman–Crippen MR) is 71.3 cm³/mol. The molecule has 19 heavy (non-hydrogen) atoms. The van der Waals surface area contributed by atoms with Crippen LogP contribution in [-0.2, 0) is 9.59 Å². The van der Waals surface area contributed by atoms with Crippen LogP contribution in [0.25, 0.3) is 0 Å². The third kappa shape index (κ3) is 4.54. The fraction of sp³-hybridized carbons (Fsp3) is 0.769. The van der Waals surface area contributed by atoms with E-state index in [9.17, 15) is 14.4 Å². The number of carbonyl (C=O) groups is 3. The van der Waals surface area contributed by atoms with Gasteiger partial charge < -0.3 is 10.6 Å². The van der Waals surface area contributed by atoms with Crippen LogP contribution < -0.4 is 10.6 Å². The van der Waals surface area contributed by atoms with Crippen LogP contribution in [0.4, 0.5) is 4.79 Å². The minimum absolute atomic E-state index is 0.202. The molecule has 1 heterocycles. The lowest BCUT2D eigenvalue weighted by molar-refractivity contribution is -0.132. The summed E-state index contributed by atoms with van der Waals surface area (Å²) in [4.78, 5) is 36.3. The van der Waals surface area contributed by atoms with Gasteiger partial charge in [0.05, 0.1) is 0 Å². The van der Waals surface area contributed by atoms with Gasteiger partial charge in [0.25, 0.3) is 5.91 Å². The molecule has 6 heteroatoms. The highest BCUT2D eigenvalue weighted by molar-refractivity contribution is 6.06. The molecule has 1 atom stereocenters. The Bertz CT molecular complexity index is 366. The van der Waals surface area contributed by atoms with Gasteiger partial charge in [-0.3, -0.25) is 14.5 Å². The Hall–Kier alpha value is -1.59. The van der Waals surface area contributed by atoms with Crippen LogP contribution in [0.2, 0.25) is 0 Å². The first-order valence-corrected chi connectivity index (χ1v) is 6.69. The number of nitrogens with one attached hydrogen (secondary N) is 2. The molecule has 1 fully saturated rings. The average molecular weight is 269 g/mol. The van der Waals surface area contributed by atoms with Gasteiger partial charge in [0, 0.05) is 6.54 Å². The number of urea groups is 1. The molecule has 0 unspecified atom stereocenters. The van der Waals surface area contributed by atoms with Gasteiger partial charge in [-0.1, -0.05) is 27.7 Å². The molecule has 1 rings (SSSR count). The summed E-state index contributed by atoms with van der Waals surface area (Å²) in [6, 6.07) is -0.972. The quantitative estimate of drug-likeness (QED) is 0.698. The molecule has 0 aliphatic carbocycles. The summed E-state index contributed by atoms with van der Waals surface area (Å²) in [6.45, 7) is 8.26. The maximum absolute atomic E-state index is 12.0. The van der Waals surface area contributed by atoms with Crippen molar-refractivity contribution in [2.24, 2.45) is 11.8 Å². The van der Waals surface area contributed by atoms with E-state index in [1.165, 1.54) is 0 Å². The fourth-order valence-electron chi connectivity index (χ4n) is 1.88. The Balaban J connectivity index is 2.52. The topological polar surface area (TPSA) is 78.5 Å². The molecule has 1 aliphatic heterocycles. The average Bonchev–Trinajstić information content (AvgIpc) is 2.53. The Morgan fingerprint density at radius 2 is 1.89 bits per heavy atom. The lowest BCUT2D eigenvalue weighted by Crippen LogP contribution is -2.42. The number of hydrogen-bond donors (Lipinski definition) is 2. The molecular formula is C13H23N3O3. The van der Waals surface area contributed by atoms with E-state index >= 15 is 0 Å². The van der Waals surface area contributed by atoms with E-state index in [-0.39, 0.29) is 18.4 Å². The lowest BCUT2D eigenvalue weighted by Gasteiger charge is -2.14. The number of nitrogens with zero attached hydrogens (tertiary/aromatic N) is 1. The van der Waals surface area contributed by atoms with Crippen molar-refractivity contribution in [3.8, 4) is 0 Å². The zero-order valence-electron chi connectivity index (χ0n) is 12.0. The Morgan fingerprint density at radius 1 is 1.26 bits per heavy atom. The summed E-state index contributed by atoms with van der Waals surface area (Å²) in [5.74, 6) is 0.0329. The van der Waals surface area contributed by atoms with Crippen molar-refractivity contribution in [2.45, 2.75) is 40.2 Å². The van der Waals surface area contributed by atoms with Crippen molar-refractivity contribution in [3.05, 3.63) is 0 Å². The highest BCUT2D eigenvalue weighted by Crippen LogP contribution is 2.13. The van der Waals surface area contributed by atoms with Crippen molar-refractivity contribution < 1.29 is 14.4 Å². The molecule has 0 aromatic heterocycles. The van der Waals surface area contributed by atoms with Gasteiger partial charge in [0.2, 0.25) is 5.91 Å². The van der Waals surface area contributed by atoms with Gasteiger partial charge in [-0.05, 0) is 18.3 Å². The lowest BCUT2D eigenvalue weighted by atomic mass is 10.0. The molecule has 0 bridgehead atoms. The molecule has 0 aromatic rings. The van der Waals surface area contributed by atoms with Gasteiger partial charge in [-0.15, -0.1) is 0 Å². The molecule has 4 amide bonds. The molecule has 6 nitrogen and oxygen atoms in total. The first kappa shape index (κ1) is 15.5. The van der Waals surface area contributed by atoms with Crippen LogP contribution in [0.3, 0.4) is 0 Å². The van der Waals surface area contributed by atoms with Crippen molar-refractivity contribution >= 4 is 17.8 Å². The smallest absolute Gasteiger partial charge is 0.325 e. The van der Waals surface area contributed by atoms with E-state index in [4.69, 9.17) is 0 Å². The molecule has 1 aliphatic rings. The first-order valence-electron chi connectivity index (χ1n) is 6.69. The second kappa shape index (κ2) is 6.54. The zero-order chi connectivity index (χ0) is 14.6. The number of rotatable bonds is 6. The Morgan fingerprint density at radius 3 is 2.42 bits per heavy atom. The van der Waals surface area contributed by atoms with Crippen LogP contribution >= 0.6 is 0 Å². The summed E-state index contributed by atoms with van der Waals surface area (Å²) < 4.78 is 0. The highest BCUT2D eigenvalue weighted by atomic mass is 16.2. The monoisotopic (exact) mass is 269 g/mol. The van der Waals surface area contributed by atoms with Crippen LogP contribution in [0.5, 0.6) is 0 Å². The molecular weight excluding hydrogens is 246 g/mol. The third-order valence-corrected chi connectivity index (χ3v) is 2.82. The van der Waals surface area contributed by atoms with E-state index in [1.807, 2.05) is 27.7 Å². The van der Waals surface area contributed by atoms with E-state index in [0.29, 0.717) is 24.8 Å². The summed E-state index contributed by atoms with van der Waals surface area (Å²) in [5, 5.41) is 5.31. The summed E-state index contributed by atoms with van der Waals surface area (Å²) >= 11 is 0. The molecule has 0 spiro atoms. The molecule has 2 N–H and O–H groups in total. The molecule has 0 saturated carbocycles. The van der Waals surface area contributed by atoms with E-state index in [2.05, 4.69) is 10.6 Å². The van der Waals surface area contributed by atoms with Gasteiger partial charge in [-0.2, -0.15) is 0 Å². The van der Waals surface area contributed by atoms with E-state index in [1.54, 1.807) is 0 Å². The first-order chi connectivity index (χ1) is 8.81.